The molecule has 0 bridgehead atoms. The molecule has 12 heteroatoms. The van der Waals surface area contributed by atoms with Crippen LogP contribution in [0.3, 0.4) is 0 Å². The molecule has 0 heterocycles. The van der Waals surface area contributed by atoms with Gasteiger partial charge in [-0.2, -0.15) is 13.2 Å². The second-order valence-corrected chi connectivity index (χ2v) is 10.6. The maximum atomic E-state index is 13.5. The summed E-state index contributed by atoms with van der Waals surface area (Å²) in [6.07, 6.45) is -3.81. The summed E-state index contributed by atoms with van der Waals surface area (Å²) < 4.78 is 65.9. The van der Waals surface area contributed by atoms with Crippen LogP contribution in [-0.4, -0.2) is 50.5 Å². The molecule has 0 saturated heterocycles. The first-order valence-corrected chi connectivity index (χ1v) is 13.4. The summed E-state index contributed by atoms with van der Waals surface area (Å²) in [6.45, 7) is 4.81. The zero-order chi connectivity index (χ0) is 27.3. The highest BCUT2D eigenvalue weighted by Gasteiger charge is 2.36. The van der Waals surface area contributed by atoms with Crippen LogP contribution in [0.4, 0.5) is 18.9 Å². The van der Waals surface area contributed by atoms with Crippen molar-refractivity contribution in [2.75, 3.05) is 23.7 Å². The van der Waals surface area contributed by atoms with Gasteiger partial charge in [-0.25, -0.2) is 8.42 Å². The van der Waals surface area contributed by atoms with E-state index in [9.17, 15) is 31.2 Å². The van der Waals surface area contributed by atoms with Crippen molar-refractivity contribution in [2.45, 2.75) is 46.0 Å². The number of nitrogens with one attached hydrogen (secondary N) is 1. The summed E-state index contributed by atoms with van der Waals surface area (Å²) in [4.78, 5) is 27.5. The largest absolute Gasteiger partial charge is 0.417 e. The number of likely N-dealkylation sites (N-methyl/N-ethyl adjacent to an activating group) is 1. The summed E-state index contributed by atoms with van der Waals surface area (Å²) in [5.74, 6) is -1.17. The molecule has 0 aliphatic heterocycles. The third-order valence-corrected chi connectivity index (χ3v) is 6.87. The molecule has 1 atom stereocenters. The number of hydrogen-bond donors (Lipinski definition) is 1. The van der Waals surface area contributed by atoms with Crippen molar-refractivity contribution >= 4 is 39.1 Å². The van der Waals surface area contributed by atoms with Gasteiger partial charge in [0, 0.05) is 13.1 Å². The van der Waals surface area contributed by atoms with Crippen LogP contribution in [0.5, 0.6) is 0 Å². The molecule has 7 nitrogen and oxygen atoms in total. The van der Waals surface area contributed by atoms with Gasteiger partial charge in [0.1, 0.15) is 12.6 Å². The molecule has 198 valence electrons. The molecular weight excluding hydrogens is 519 g/mol. The fourth-order valence-corrected chi connectivity index (χ4v) is 4.78. The lowest BCUT2D eigenvalue weighted by Crippen LogP contribution is -2.52. The Hall–Kier alpha value is -2.79. The quantitative estimate of drug-likeness (QED) is 0.478. The highest BCUT2D eigenvalue weighted by molar-refractivity contribution is 7.92. The molecule has 0 aromatic heterocycles. The number of nitrogens with zero attached hydrogens (tertiary/aromatic N) is 2. The molecule has 0 aliphatic carbocycles. The molecule has 2 aromatic rings. The predicted molar refractivity (Wildman–Crippen MR) is 133 cm³/mol. The van der Waals surface area contributed by atoms with Gasteiger partial charge in [-0.15, -0.1) is 0 Å². The summed E-state index contributed by atoms with van der Waals surface area (Å²) in [6, 6.07) is 8.93. The van der Waals surface area contributed by atoms with E-state index in [0.717, 1.165) is 24.0 Å². The van der Waals surface area contributed by atoms with Gasteiger partial charge in [0.25, 0.3) is 0 Å². The normalized spacial score (nSPS) is 12.7. The summed E-state index contributed by atoms with van der Waals surface area (Å²) in [5.41, 5.74) is 0.0321. The molecule has 0 unspecified atom stereocenters. The lowest BCUT2D eigenvalue weighted by molar-refractivity contribution is -0.140. The molecule has 0 radical (unpaired) electrons. The average molecular weight is 548 g/mol. The van der Waals surface area contributed by atoms with Crippen molar-refractivity contribution in [2.24, 2.45) is 0 Å². The van der Waals surface area contributed by atoms with E-state index in [-0.39, 0.29) is 18.7 Å². The van der Waals surface area contributed by atoms with Gasteiger partial charge >= 0.3 is 6.18 Å². The third-order valence-electron chi connectivity index (χ3n) is 5.39. The molecule has 2 aromatic carbocycles. The number of hydrogen-bond acceptors (Lipinski definition) is 4. The fourth-order valence-electron chi connectivity index (χ4n) is 3.72. The molecule has 0 saturated carbocycles. The topological polar surface area (TPSA) is 86.8 Å². The number of alkyl halides is 3. The summed E-state index contributed by atoms with van der Waals surface area (Å²) in [5, 5.41) is 2.07. The van der Waals surface area contributed by atoms with Crippen molar-refractivity contribution in [3.63, 3.8) is 0 Å². The zero-order valence-electron chi connectivity index (χ0n) is 20.4. The van der Waals surface area contributed by atoms with E-state index in [2.05, 4.69) is 5.32 Å². The maximum absolute atomic E-state index is 13.5. The molecule has 0 aliphatic rings. The number of benzene rings is 2. The van der Waals surface area contributed by atoms with Crippen LogP contribution in [-0.2, 0) is 32.3 Å². The molecular formula is C24H29ClF3N3O4S. The predicted octanol–water partition coefficient (Wildman–Crippen LogP) is 4.38. The molecule has 1 N–H and O–H groups in total. The Morgan fingerprint density at radius 1 is 1.11 bits per heavy atom. The average Bonchev–Trinajstić information content (AvgIpc) is 2.76. The minimum Gasteiger partial charge on any atom is -0.355 e. The van der Waals surface area contributed by atoms with Gasteiger partial charge in [-0.05, 0) is 44.0 Å². The molecule has 36 heavy (non-hydrogen) atoms. The van der Waals surface area contributed by atoms with Gasteiger partial charge in [-0.3, -0.25) is 13.9 Å². The minimum absolute atomic E-state index is 0.00216. The Bertz CT molecular complexity index is 1210. The Labute approximate surface area is 214 Å². The first-order valence-electron chi connectivity index (χ1n) is 11.2. The Balaban J connectivity index is 2.52. The highest BCUT2D eigenvalue weighted by atomic mass is 35.5. The summed E-state index contributed by atoms with van der Waals surface area (Å²) in [7, 11) is -4.19. The van der Waals surface area contributed by atoms with Crippen LogP contribution in [0.2, 0.25) is 5.02 Å². The van der Waals surface area contributed by atoms with Crippen molar-refractivity contribution in [1.29, 1.82) is 0 Å². The Morgan fingerprint density at radius 2 is 1.78 bits per heavy atom. The van der Waals surface area contributed by atoms with E-state index in [1.165, 1.54) is 4.90 Å². The Kier molecular flexibility index (Phi) is 9.78. The molecule has 0 spiro atoms. The van der Waals surface area contributed by atoms with Crippen LogP contribution in [0.25, 0.3) is 0 Å². The van der Waals surface area contributed by atoms with Crippen LogP contribution in [0.15, 0.2) is 42.5 Å². The van der Waals surface area contributed by atoms with Gasteiger partial charge in [0.15, 0.2) is 0 Å². The van der Waals surface area contributed by atoms with E-state index in [1.807, 2.05) is 19.1 Å². The maximum Gasteiger partial charge on any atom is 0.417 e. The van der Waals surface area contributed by atoms with Crippen LogP contribution in [0.1, 0.15) is 37.0 Å². The number of anilines is 1. The van der Waals surface area contributed by atoms with Gasteiger partial charge < -0.3 is 10.2 Å². The molecule has 2 rings (SSSR count). The monoisotopic (exact) mass is 547 g/mol. The van der Waals surface area contributed by atoms with Crippen LogP contribution >= 0.6 is 11.6 Å². The van der Waals surface area contributed by atoms with Crippen molar-refractivity contribution in [1.82, 2.24) is 10.2 Å². The number of sulfonamides is 1. The number of rotatable bonds is 10. The SMILES string of the molecule is CCNC(=O)[C@@H](CC)N(Cc1cccc(C)c1)C(=O)CN(c1ccc(Cl)c(C(F)(F)F)c1)S(C)(=O)=O. The minimum atomic E-state index is -4.83. The van der Waals surface area contributed by atoms with E-state index in [1.54, 1.807) is 26.0 Å². The second kappa shape index (κ2) is 12.0. The summed E-state index contributed by atoms with van der Waals surface area (Å²) >= 11 is 5.68. The van der Waals surface area contributed by atoms with Crippen molar-refractivity contribution in [3.8, 4) is 0 Å². The van der Waals surface area contributed by atoms with Crippen molar-refractivity contribution in [3.05, 3.63) is 64.2 Å². The Morgan fingerprint density at radius 3 is 2.31 bits per heavy atom. The number of halogens is 4. The van der Waals surface area contributed by atoms with E-state index in [4.69, 9.17) is 11.6 Å². The number of amides is 2. The van der Waals surface area contributed by atoms with Gasteiger partial charge in [0.2, 0.25) is 21.8 Å². The first-order chi connectivity index (χ1) is 16.7. The fraction of sp³-hybridized carbons (Fsp3) is 0.417. The van der Waals surface area contributed by atoms with Crippen molar-refractivity contribution < 1.29 is 31.2 Å². The molecule has 0 fully saturated rings. The standard InChI is InChI=1S/C24H29ClF3N3O4S/c1-5-21(23(33)29-6-2)30(14-17-9-7-8-16(3)12-17)22(32)15-31(36(4,34)35)18-10-11-20(25)19(13-18)24(26,27)28/h7-13,21H,5-6,14-15H2,1-4H3,(H,29,33)/t21-/m1/s1. The second-order valence-electron chi connectivity index (χ2n) is 8.26. The highest BCUT2D eigenvalue weighted by Crippen LogP contribution is 2.37. The lowest BCUT2D eigenvalue weighted by Gasteiger charge is -2.33. The van der Waals surface area contributed by atoms with E-state index in [0.29, 0.717) is 22.5 Å². The van der Waals surface area contributed by atoms with Gasteiger partial charge in [-0.1, -0.05) is 48.4 Å². The van der Waals surface area contributed by atoms with E-state index < -0.39 is 51.2 Å². The van der Waals surface area contributed by atoms with Gasteiger partial charge in [0.05, 0.1) is 22.5 Å². The van der Waals surface area contributed by atoms with Crippen LogP contribution in [0, 0.1) is 6.92 Å². The number of aryl methyl sites for hydroxylation is 1. The zero-order valence-corrected chi connectivity index (χ0v) is 22.0. The smallest absolute Gasteiger partial charge is 0.355 e. The van der Waals surface area contributed by atoms with Crippen LogP contribution < -0.4 is 9.62 Å². The first kappa shape index (κ1) is 29.4. The number of carbonyl (C=O) groups is 2. The van der Waals surface area contributed by atoms with E-state index >= 15 is 0 Å². The lowest BCUT2D eigenvalue weighted by atomic mass is 10.1. The number of carbonyl (C=O) groups excluding carboxylic acids is 2. The molecule has 2 amide bonds. The third kappa shape index (κ3) is 7.60.